The Labute approximate surface area is 195 Å². The number of pyridine rings is 1. The third-order valence-corrected chi connectivity index (χ3v) is 6.63. The molecule has 1 atom stereocenters. The number of hydrogen-bond donors (Lipinski definition) is 3. The van der Waals surface area contributed by atoms with E-state index in [9.17, 15) is 19.8 Å². The zero-order valence-corrected chi connectivity index (χ0v) is 18.6. The number of aromatic hydroxyl groups is 1. The Morgan fingerprint density at radius 3 is 2.66 bits per heavy atom. The first-order valence-electron chi connectivity index (χ1n) is 10.1. The minimum atomic E-state index is -0.520. The first-order valence-corrected chi connectivity index (χ1v) is 10.8. The standard InChI is InChI=1S/C22H22Cl2N4O4/c1-2-19(31)28-9-14(10-28)27-7-12-3-4-25-21(20(12)13(8-27)11-29)22(32)26-17-5-15(23)16(24)6-18(17)30/h2-6,13-14,29-30H,1,7-11H2,(H,26,32). The van der Waals surface area contributed by atoms with Crippen LogP contribution >= 0.6 is 23.2 Å². The Bertz CT molecular complexity index is 1090. The van der Waals surface area contributed by atoms with Gasteiger partial charge in [0.2, 0.25) is 5.91 Å². The number of amides is 2. The summed E-state index contributed by atoms with van der Waals surface area (Å²) in [6.07, 6.45) is 2.86. The zero-order valence-electron chi connectivity index (χ0n) is 17.1. The number of halogens is 2. The molecule has 2 aliphatic rings. The van der Waals surface area contributed by atoms with Gasteiger partial charge in [0, 0.05) is 50.4 Å². The highest BCUT2D eigenvalue weighted by molar-refractivity contribution is 6.42. The number of phenolic OH excluding ortho intramolecular Hbond substituents is 1. The molecule has 2 amide bonds. The van der Waals surface area contributed by atoms with Crippen molar-refractivity contribution in [3.8, 4) is 5.75 Å². The number of carbonyl (C=O) groups is 2. The van der Waals surface area contributed by atoms with E-state index in [0.717, 1.165) is 5.56 Å². The van der Waals surface area contributed by atoms with Crippen LogP contribution in [0, 0.1) is 0 Å². The lowest BCUT2D eigenvalue weighted by molar-refractivity contribution is -0.133. The maximum Gasteiger partial charge on any atom is 0.274 e. The van der Waals surface area contributed by atoms with Crippen molar-refractivity contribution in [1.29, 1.82) is 0 Å². The number of nitrogens with zero attached hydrogens (tertiary/aromatic N) is 3. The Balaban J connectivity index is 1.56. The number of fused-ring (bicyclic) bond motifs is 1. The van der Waals surface area contributed by atoms with Gasteiger partial charge in [-0.15, -0.1) is 0 Å². The van der Waals surface area contributed by atoms with E-state index in [-0.39, 0.29) is 51.6 Å². The van der Waals surface area contributed by atoms with Crippen LogP contribution in [0.15, 0.2) is 37.1 Å². The normalized spacial score (nSPS) is 18.6. The molecule has 1 aromatic carbocycles. The molecule has 1 fully saturated rings. The highest BCUT2D eigenvalue weighted by Crippen LogP contribution is 2.36. The molecule has 1 saturated heterocycles. The number of benzene rings is 1. The average molecular weight is 477 g/mol. The molecule has 4 rings (SSSR count). The zero-order chi connectivity index (χ0) is 23.0. The minimum Gasteiger partial charge on any atom is -0.506 e. The molecular formula is C22H22Cl2N4O4. The molecule has 168 valence electrons. The molecule has 8 nitrogen and oxygen atoms in total. The smallest absolute Gasteiger partial charge is 0.274 e. The van der Waals surface area contributed by atoms with Gasteiger partial charge in [-0.2, -0.15) is 0 Å². The van der Waals surface area contributed by atoms with Crippen LogP contribution in [0.1, 0.15) is 27.5 Å². The number of aliphatic hydroxyl groups is 1. The van der Waals surface area contributed by atoms with Crippen LogP contribution in [0.5, 0.6) is 5.75 Å². The molecule has 2 aliphatic heterocycles. The highest BCUT2D eigenvalue weighted by atomic mass is 35.5. The monoisotopic (exact) mass is 476 g/mol. The van der Waals surface area contributed by atoms with E-state index in [1.807, 2.05) is 6.07 Å². The number of rotatable bonds is 5. The number of hydrogen-bond acceptors (Lipinski definition) is 6. The third-order valence-electron chi connectivity index (χ3n) is 5.90. The van der Waals surface area contributed by atoms with Crippen molar-refractivity contribution in [2.75, 3.05) is 31.6 Å². The molecule has 10 heteroatoms. The van der Waals surface area contributed by atoms with Crippen molar-refractivity contribution in [2.24, 2.45) is 0 Å². The van der Waals surface area contributed by atoms with Gasteiger partial charge in [0.05, 0.1) is 22.3 Å². The second-order valence-electron chi connectivity index (χ2n) is 7.88. The van der Waals surface area contributed by atoms with Crippen LogP contribution < -0.4 is 5.32 Å². The van der Waals surface area contributed by atoms with Gasteiger partial charge in [0.15, 0.2) is 0 Å². The van der Waals surface area contributed by atoms with Gasteiger partial charge in [-0.05, 0) is 29.3 Å². The van der Waals surface area contributed by atoms with Crippen LogP contribution in [0.25, 0.3) is 0 Å². The summed E-state index contributed by atoms with van der Waals surface area (Å²) in [7, 11) is 0. The molecule has 2 aromatic rings. The topological polar surface area (TPSA) is 106 Å². The van der Waals surface area contributed by atoms with Crippen molar-refractivity contribution >= 4 is 40.7 Å². The molecule has 32 heavy (non-hydrogen) atoms. The summed E-state index contributed by atoms with van der Waals surface area (Å²) in [6, 6.07) is 4.63. The quantitative estimate of drug-likeness (QED) is 0.452. The van der Waals surface area contributed by atoms with E-state index in [1.165, 1.54) is 18.2 Å². The van der Waals surface area contributed by atoms with E-state index in [1.54, 1.807) is 11.1 Å². The fourth-order valence-corrected chi connectivity index (χ4v) is 4.51. The molecule has 0 aliphatic carbocycles. The molecule has 1 unspecified atom stereocenters. The second kappa shape index (κ2) is 9.07. The van der Waals surface area contributed by atoms with Gasteiger partial charge in [-0.3, -0.25) is 19.5 Å². The molecule has 3 heterocycles. The molecule has 0 bridgehead atoms. The Morgan fingerprint density at radius 2 is 1.97 bits per heavy atom. The molecule has 0 spiro atoms. The van der Waals surface area contributed by atoms with Crippen molar-refractivity contribution in [1.82, 2.24) is 14.8 Å². The van der Waals surface area contributed by atoms with Crippen molar-refractivity contribution in [2.45, 2.75) is 18.5 Å². The summed E-state index contributed by atoms with van der Waals surface area (Å²) in [5, 5.41) is 23.2. The SMILES string of the molecule is C=CC(=O)N1CC(N2Cc3ccnc(C(=O)Nc4cc(Cl)c(Cl)cc4O)c3C(CO)C2)C1. The van der Waals surface area contributed by atoms with Crippen LogP contribution in [-0.4, -0.2) is 69.1 Å². The van der Waals surface area contributed by atoms with E-state index in [2.05, 4.69) is 21.8 Å². The molecular weight excluding hydrogens is 455 g/mol. The summed E-state index contributed by atoms with van der Waals surface area (Å²) in [5.41, 5.74) is 1.87. The van der Waals surface area contributed by atoms with Gasteiger partial charge < -0.3 is 20.4 Å². The van der Waals surface area contributed by atoms with E-state index < -0.39 is 5.91 Å². The predicted octanol–water partition coefficient (Wildman–Crippen LogP) is 2.63. The number of phenols is 1. The third kappa shape index (κ3) is 4.19. The lowest BCUT2D eigenvalue weighted by atomic mass is 9.87. The van der Waals surface area contributed by atoms with Crippen LogP contribution in [0.4, 0.5) is 5.69 Å². The molecule has 0 radical (unpaired) electrons. The summed E-state index contributed by atoms with van der Waals surface area (Å²) in [4.78, 5) is 32.9. The lowest BCUT2D eigenvalue weighted by Crippen LogP contribution is -2.61. The summed E-state index contributed by atoms with van der Waals surface area (Å²) in [6.45, 7) is 5.68. The maximum absolute atomic E-state index is 13.0. The number of nitrogens with one attached hydrogen (secondary N) is 1. The summed E-state index contributed by atoms with van der Waals surface area (Å²) < 4.78 is 0. The van der Waals surface area contributed by atoms with Gasteiger partial charge >= 0.3 is 0 Å². The highest BCUT2D eigenvalue weighted by Gasteiger charge is 2.38. The number of aliphatic hydroxyl groups excluding tert-OH is 1. The number of anilines is 1. The molecule has 0 saturated carbocycles. The number of likely N-dealkylation sites (tertiary alicyclic amines) is 1. The fraction of sp³-hybridized carbons (Fsp3) is 0.318. The van der Waals surface area contributed by atoms with Gasteiger partial charge in [-0.25, -0.2) is 0 Å². The van der Waals surface area contributed by atoms with Crippen LogP contribution in [0.3, 0.4) is 0 Å². The van der Waals surface area contributed by atoms with Crippen LogP contribution in [-0.2, 0) is 11.3 Å². The summed E-state index contributed by atoms with van der Waals surface area (Å²) in [5.74, 6) is -1.15. The first-order chi connectivity index (χ1) is 15.3. The fourth-order valence-electron chi connectivity index (χ4n) is 4.19. The van der Waals surface area contributed by atoms with Gasteiger partial charge in [-0.1, -0.05) is 29.8 Å². The first kappa shape index (κ1) is 22.5. The molecule has 3 N–H and O–H groups in total. The van der Waals surface area contributed by atoms with E-state index in [0.29, 0.717) is 31.7 Å². The van der Waals surface area contributed by atoms with Gasteiger partial charge in [0.25, 0.3) is 5.91 Å². The number of aromatic nitrogens is 1. The molecule has 1 aromatic heterocycles. The van der Waals surface area contributed by atoms with E-state index in [4.69, 9.17) is 23.2 Å². The Hall–Kier alpha value is -2.65. The second-order valence-corrected chi connectivity index (χ2v) is 8.69. The minimum absolute atomic E-state index is 0.0916. The maximum atomic E-state index is 13.0. The lowest BCUT2D eigenvalue weighted by Gasteiger charge is -2.48. The predicted molar refractivity (Wildman–Crippen MR) is 121 cm³/mol. The van der Waals surface area contributed by atoms with Gasteiger partial charge in [0.1, 0.15) is 11.4 Å². The average Bonchev–Trinajstić information content (AvgIpc) is 2.75. The van der Waals surface area contributed by atoms with Crippen molar-refractivity contribution < 1.29 is 19.8 Å². The Kier molecular flexibility index (Phi) is 6.39. The van der Waals surface area contributed by atoms with Crippen molar-refractivity contribution in [3.63, 3.8) is 0 Å². The van der Waals surface area contributed by atoms with Crippen molar-refractivity contribution in [3.05, 3.63) is 63.9 Å². The number of carbonyl (C=O) groups excluding carboxylic acids is 2. The van der Waals surface area contributed by atoms with Crippen LogP contribution in [0.2, 0.25) is 10.0 Å². The largest absolute Gasteiger partial charge is 0.506 e. The Morgan fingerprint density at radius 1 is 1.25 bits per heavy atom. The van der Waals surface area contributed by atoms with E-state index >= 15 is 0 Å². The summed E-state index contributed by atoms with van der Waals surface area (Å²) >= 11 is 11.9.